The first-order chi connectivity index (χ1) is 25.1. The van der Waals surface area contributed by atoms with Crippen LogP contribution in [0.15, 0.2) is 36.4 Å². The quantitative estimate of drug-likeness (QED) is 0.247. The Labute approximate surface area is 305 Å². The number of aldehydes is 1. The van der Waals surface area contributed by atoms with E-state index in [1.165, 1.54) is 7.11 Å². The first kappa shape index (κ1) is 37.5. The number of aromatic hydroxyl groups is 1. The molecule has 0 unspecified atom stereocenters. The SMILES string of the molecule is CONC(=O)CN1CCN(C2CCN([C@]3(CC=O)C[C@H](N4CCc5ccccc5NC4=O)CCN3C(=O)OCc3cc(C)c(O)c(C)c3)CC2)CC1. The molecule has 3 fully saturated rings. The fourth-order valence-electron chi connectivity index (χ4n) is 8.73. The van der Waals surface area contributed by atoms with Crippen molar-refractivity contribution in [3.8, 4) is 5.75 Å². The minimum Gasteiger partial charge on any atom is -0.507 e. The van der Waals surface area contributed by atoms with E-state index >= 15 is 0 Å². The monoisotopic (exact) mass is 719 g/mol. The number of aryl methyl sites for hydroxylation is 2. The molecular weight excluding hydrogens is 666 g/mol. The lowest BCUT2D eigenvalue weighted by Crippen LogP contribution is -2.70. The maximum absolute atomic E-state index is 14.1. The van der Waals surface area contributed by atoms with Gasteiger partial charge in [-0.25, -0.2) is 15.1 Å². The third kappa shape index (κ3) is 8.20. The Morgan fingerprint density at radius 2 is 1.67 bits per heavy atom. The summed E-state index contributed by atoms with van der Waals surface area (Å²) in [4.78, 5) is 67.7. The Bertz CT molecular complexity index is 1580. The van der Waals surface area contributed by atoms with Crippen LogP contribution in [0.4, 0.5) is 15.3 Å². The molecule has 4 heterocycles. The van der Waals surface area contributed by atoms with Gasteiger partial charge in [-0.2, -0.15) is 0 Å². The van der Waals surface area contributed by atoms with E-state index in [1.54, 1.807) is 4.90 Å². The number of para-hydroxylation sites is 1. The molecule has 0 radical (unpaired) electrons. The number of hydrogen-bond donors (Lipinski definition) is 3. The molecule has 0 aliphatic carbocycles. The van der Waals surface area contributed by atoms with Crippen LogP contribution in [0.2, 0.25) is 0 Å². The largest absolute Gasteiger partial charge is 0.507 e. The number of ether oxygens (including phenoxy) is 1. The van der Waals surface area contributed by atoms with Crippen LogP contribution in [-0.2, 0) is 32.2 Å². The highest BCUT2D eigenvalue weighted by atomic mass is 16.6. The predicted octanol–water partition coefficient (Wildman–Crippen LogP) is 3.25. The molecular formula is C38H53N7O7. The Morgan fingerprint density at radius 1 is 0.981 bits per heavy atom. The molecule has 0 aromatic heterocycles. The number of carbonyl (C=O) groups is 4. The number of urea groups is 1. The molecule has 4 aliphatic rings. The summed E-state index contributed by atoms with van der Waals surface area (Å²) < 4.78 is 5.96. The molecule has 0 spiro atoms. The van der Waals surface area contributed by atoms with Crippen molar-refractivity contribution in [2.75, 3.05) is 71.3 Å². The lowest BCUT2D eigenvalue weighted by Gasteiger charge is -2.57. The van der Waals surface area contributed by atoms with Gasteiger partial charge in [0.05, 0.1) is 13.7 Å². The predicted molar refractivity (Wildman–Crippen MR) is 195 cm³/mol. The number of likely N-dealkylation sites (tertiary alicyclic amines) is 2. The summed E-state index contributed by atoms with van der Waals surface area (Å²) in [5.41, 5.74) is 5.51. The first-order valence-corrected chi connectivity index (χ1v) is 18.5. The van der Waals surface area contributed by atoms with E-state index in [1.807, 2.05) is 55.1 Å². The maximum Gasteiger partial charge on any atom is 0.411 e. The molecule has 2 atom stereocenters. The molecule has 2 aromatic rings. The number of rotatable bonds is 10. The summed E-state index contributed by atoms with van der Waals surface area (Å²) in [5, 5.41) is 13.4. The van der Waals surface area contributed by atoms with Crippen molar-refractivity contribution in [1.29, 1.82) is 0 Å². The van der Waals surface area contributed by atoms with Gasteiger partial charge in [0.25, 0.3) is 5.91 Å². The smallest absolute Gasteiger partial charge is 0.411 e. The first-order valence-electron chi connectivity index (χ1n) is 18.5. The number of phenols is 1. The summed E-state index contributed by atoms with van der Waals surface area (Å²) in [7, 11) is 1.43. The molecule has 3 N–H and O–H groups in total. The van der Waals surface area contributed by atoms with E-state index < -0.39 is 11.8 Å². The normalized spacial score (nSPS) is 23.8. The molecule has 2 aromatic carbocycles. The van der Waals surface area contributed by atoms with Crippen LogP contribution in [0.1, 0.15) is 54.4 Å². The number of fused-ring (bicyclic) bond motifs is 1. The zero-order chi connectivity index (χ0) is 36.8. The van der Waals surface area contributed by atoms with Crippen LogP contribution >= 0.6 is 0 Å². The van der Waals surface area contributed by atoms with E-state index in [-0.39, 0.29) is 36.8 Å². The third-order valence-electron chi connectivity index (χ3n) is 11.4. The molecule has 4 amide bonds. The number of piperazine rings is 1. The molecule has 3 saturated heterocycles. The lowest BCUT2D eigenvalue weighted by molar-refractivity contribution is -0.133. The maximum atomic E-state index is 14.1. The van der Waals surface area contributed by atoms with Gasteiger partial charge in [-0.05, 0) is 80.0 Å². The molecule has 14 heteroatoms. The average Bonchev–Trinajstić information content (AvgIpc) is 3.31. The summed E-state index contributed by atoms with van der Waals surface area (Å²) in [6, 6.07) is 11.5. The van der Waals surface area contributed by atoms with Crippen molar-refractivity contribution in [3.05, 3.63) is 58.7 Å². The van der Waals surface area contributed by atoms with Gasteiger partial charge < -0.3 is 24.9 Å². The van der Waals surface area contributed by atoms with Gasteiger partial charge in [-0.15, -0.1) is 0 Å². The second-order valence-electron chi connectivity index (χ2n) is 14.6. The van der Waals surface area contributed by atoms with E-state index in [0.717, 1.165) is 62.1 Å². The number of nitrogens with one attached hydrogen (secondary N) is 2. The number of benzene rings is 2. The highest BCUT2D eigenvalue weighted by Crippen LogP contribution is 2.40. The molecule has 0 saturated carbocycles. The average molecular weight is 720 g/mol. The third-order valence-corrected chi connectivity index (χ3v) is 11.4. The summed E-state index contributed by atoms with van der Waals surface area (Å²) in [6.07, 6.45) is 3.92. The number of amides is 4. The molecule has 0 bridgehead atoms. The standard InChI is InChI=1S/C38H53N7O7/c1-27-22-29(23-28(2)35(27)48)26-52-37(50)45-16-11-32(44-15-8-30-6-4-5-7-33(30)39-36(44)49)24-38(45,12-21-46)43-13-9-31(10-14-43)42-19-17-41(18-20-42)25-34(47)40-51-3/h4-7,21-23,31-32,48H,8-20,24-26H2,1-3H3,(H,39,49)(H,40,47)/t32-,38+/m1/s1. The fraction of sp³-hybridized carbons (Fsp3) is 0.579. The van der Waals surface area contributed by atoms with Gasteiger partial charge in [-0.3, -0.25) is 29.2 Å². The number of anilines is 1. The number of carbonyl (C=O) groups excluding carboxylic acids is 4. The summed E-state index contributed by atoms with van der Waals surface area (Å²) in [5.74, 6) is 0.0663. The zero-order valence-electron chi connectivity index (χ0n) is 30.6. The van der Waals surface area contributed by atoms with E-state index in [9.17, 15) is 24.3 Å². The zero-order valence-corrected chi connectivity index (χ0v) is 30.6. The Balaban J connectivity index is 1.19. The highest BCUT2D eigenvalue weighted by molar-refractivity contribution is 5.91. The topological polar surface area (TPSA) is 147 Å². The van der Waals surface area contributed by atoms with Gasteiger partial charge in [0.15, 0.2) is 0 Å². The molecule has 6 rings (SSSR count). The minimum atomic E-state index is -0.972. The van der Waals surface area contributed by atoms with Crippen LogP contribution in [0, 0.1) is 13.8 Å². The number of phenolic OH excluding ortho intramolecular Hbond substituents is 1. The van der Waals surface area contributed by atoms with Crippen LogP contribution in [-0.4, -0.2) is 138 Å². The van der Waals surface area contributed by atoms with Crippen molar-refractivity contribution in [3.63, 3.8) is 0 Å². The van der Waals surface area contributed by atoms with Crippen LogP contribution in [0.3, 0.4) is 0 Å². The summed E-state index contributed by atoms with van der Waals surface area (Å²) in [6.45, 7) is 9.48. The molecule has 4 aliphatic heterocycles. The second kappa shape index (κ2) is 16.6. The lowest BCUT2D eigenvalue weighted by atomic mass is 9.84. The Morgan fingerprint density at radius 3 is 2.37 bits per heavy atom. The highest BCUT2D eigenvalue weighted by Gasteiger charge is 2.52. The van der Waals surface area contributed by atoms with E-state index in [0.29, 0.717) is 69.2 Å². The number of hydroxylamine groups is 1. The van der Waals surface area contributed by atoms with Crippen molar-refractivity contribution in [2.45, 2.75) is 76.7 Å². The summed E-state index contributed by atoms with van der Waals surface area (Å²) >= 11 is 0. The Hall–Kier alpha value is -4.24. The van der Waals surface area contributed by atoms with Gasteiger partial charge in [0, 0.05) is 83.0 Å². The molecule has 282 valence electrons. The van der Waals surface area contributed by atoms with Crippen LogP contribution in [0.25, 0.3) is 0 Å². The van der Waals surface area contributed by atoms with Crippen LogP contribution < -0.4 is 10.8 Å². The van der Waals surface area contributed by atoms with Gasteiger partial charge in [0.2, 0.25) is 0 Å². The van der Waals surface area contributed by atoms with E-state index in [4.69, 9.17) is 9.57 Å². The molecule has 14 nitrogen and oxygen atoms in total. The number of piperidine rings is 2. The van der Waals surface area contributed by atoms with Gasteiger partial charge in [-0.1, -0.05) is 18.2 Å². The number of hydrogen-bond acceptors (Lipinski definition) is 10. The fourth-order valence-corrected chi connectivity index (χ4v) is 8.73. The second-order valence-corrected chi connectivity index (χ2v) is 14.6. The van der Waals surface area contributed by atoms with Crippen molar-refractivity contribution in [2.24, 2.45) is 0 Å². The van der Waals surface area contributed by atoms with Crippen LogP contribution in [0.5, 0.6) is 5.75 Å². The minimum absolute atomic E-state index is 0.0336. The van der Waals surface area contributed by atoms with Crippen molar-refractivity contribution >= 4 is 30.0 Å². The number of nitrogens with zero attached hydrogens (tertiary/aromatic N) is 5. The molecule has 52 heavy (non-hydrogen) atoms. The van der Waals surface area contributed by atoms with Gasteiger partial charge >= 0.3 is 12.1 Å². The van der Waals surface area contributed by atoms with Gasteiger partial charge in [0.1, 0.15) is 24.3 Å². The Kier molecular flexibility index (Phi) is 12.0. The van der Waals surface area contributed by atoms with E-state index in [2.05, 4.69) is 25.5 Å². The van der Waals surface area contributed by atoms with Crippen molar-refractivity contribution in [1.82, 2.24) is 30.0 Å². The van der Waals surface area contributed by atoms with Crippen molar-refractivity contribution < 1.29 is 33.9 Å².